The number of nitrogens with zero attached hydrogens (tertiary/aromatic N) is 4. The Hall–Kier alpha value is -2.91. The number of pyridine rings is 1. The third-order valence-electron chi connectivity index (χ3n) is 3.44. The summed E-state index contributed by atoms with van der Waals surface area (Å²) < 4.78 is 0. The van der Waals surface area contributed by atoms with Crippen molar-refractivity contribution in [2.45, 2.75) is 6.54 Å². The van der Waals surface area contributed by atoms with Crippen LogP contribution in [0.3, 0.4) is 0 Å². The summed E-state index contributed by atoms with van der Waals surface area (Å²) in [5.74, 6) is 0. The summed E-state index contributed by atoms with van der Waals surface area (Å²) in [5, 5.41) is 11.8. The van der Waals surface area contributed by atoms with Gasteiger partial charge >= 0.3 is 6.03 Å². The number of aromatic nitrogens is 1. The van der Waals surface area contributed by atoms with Crippen LogP contribution in [0.5, 0.6) is 0 Å². The highest BCUT2D eigenvalue weighted by Crippen LogP contribution is 2.12. The lowest BCUT2D eigenvalue weighted by Crippen LogP contribution is -2.39. The predicted molar refractivity (Wildman–Crippen MR) is 93.4 cm³/mol. The first kappa shape index (κ1) is 17.4. The van der Waals surface area contributed by atoms with Crippen molar-refractivity contribution in [3.05, 3.63) is 59.9 Å². The van der Waals surface area contributed by atoms with Gasteiger partial charge in [0, 0.05) is 37.7 Å². The molecule has 0 saturated heterocycles. The molecule has 0 radical (unpaired) electrons. The molecule has 0 aliphatic heterocycles. The van der Waals surface area contributed by atoms with Crippen LogP contribution in [0.25, 0.3) is 0 Å². The second-order valence-corrected chi connectivity index (χ2v) is 5.71. The number of rotatable bonds is 6. The molecule has 24 heavy (non-hydrogen) atoms. The Bertz CT molecular complexity index is 709. The van der Waals surface area contributed by atoms with E-state index in [1.165, 1.54) is 0 Å². The largest absolute Gasteiger partial charge is 0.322 e. The van der Waals surface area contributed by atoms with Crippen LogP contribution in [-0.4, -0.2) is 48.0 Å². The number of carbonyl (C=O) groups excluding carboxylic acids is 1. The first-order valence-corrected chi connectivity index (χ1v) is 7.68. The van der Waals surface area contributed by atoms with E-state index in [4.69, 9.17) is 5.26 Å². The Morgan fingerprint density at radius 3 is 2.75 bits per heavy atom. The number of nitrogens with one attached hydrogen (secondary N) is 1. The Morgan fingerprint density at radius 2 is 2.08 bits per heavy atom. The third-order valence-corrected chi connectivity index (χ3v) is 3.44. The molecule has 2 amide bonds. The SMILES string of the molecule is CN(C)CCN(Cc1cccnc1)C(=O)Nc1cccc(C#N)c1. The van der Waals surface area contributed by atoms with Crippen molar-refractivity contribution >= 4 is 11.7 Å². The van der Waals surface area contributed by atoms with E-state index in [1.807, 2.05) is 31.1 Å². The summed E-state index contributed by atoms with van der Waals surface area (Å²) in [6.07, 6.45) is 3.47. The van der Waals surface area contributed by atoms with E-state index < -0.39 is 0 Å². The van der Waals surface area contributed by atoms with Crippen molar-refractivity contribution in [3.8, 4) is 6.07 Å². The smallest absolute Gasteiger partial charge is 0.319 e. The van der Waals surface area contributed by atoms with Crippen molar-refractivity contribution < 1.29 is 4.79 Å². The minimum Gasteiger partial charge on any atom is -0.319 e. The van der Waals surface area contributed by atoms with Crippen LogP contribution in [0.4, 0.5) is 10.5 Å². The number of hydrogen-bond acceptors (Lipinski definition) is 4. The van der Waals surface area contributed by atoms with Crippen LogP contribution in [0.15, 0.2) is 48.8 Å². The van der Waals surface area contributed by atoms with Crippen molar-refractivity contribution in [2.24, 2.45) is 0 Å². The van der Waals surface area contributed by atoms with Crippen LogP contribution < -0.4 is 5.32 Å². The Kier molecular flexibility index (Phi) is 6.29. The number of urea groups is 1. The quantitative estimate of drug-likeness (QED) is 0.887. The molecular weight excluding hydrogens is 302 g/mol. The second-order valence-electron chi connectivity index (χ2n) is 5.71. The van der Waals surface area contributed by atoms with E-state index in [2.05, 4.69) is 16.4 Å². The van der Waals surface area contributed by atoms with Gasteiger partial charge in [-0.2, -0.15) is 5.26 Å². The van der Waals surface area contributed by atoms with E-state index in [0.717, 1.165) is 12.1 Å². The van der Waals surface area contributed by atoms with Crippen molar-refractivity contribution in [1.82, 2.24) is 14.8 Å². The molecule has 0 unspecified atom stereocenters. The number of amides is 2. The van der Waals surface area contributed by atoms with Gasteiger partial charge in [-0.1, -0.05) is 12.1 Å². The normalized spacial score (nSPS) is 10.2. The molecule has 1 N–H and O–H groups in total. The summed E-state index contributed by atoms with van der Waals surface area (Å²) in [7, 11) is 3.94. The third kappa shape index (κ3) is 5.38. The Morgan fingerprint density at radius 1 is 1.25 bits per heavy atom. The minimum atomic E-state index is -0.198. The summed E-state index contributed by atoms with van der Waals surface area (Å²) in [6, 6.07) is 12.6. The number of anilines is 1. The number of likely N-dealkylation sites (N-methyl/N-ethyl adjacent to an activating group) is 1. The lowest BCUT2D eigenvalue weighted by atomic mass is 10.2. The van der Waals surface area contributed by atoms with Gasteiger partial charge in [0.15, 0.2) is 0 Å². The van der Waals surface area contributed by atoms with Crippen LogP contribution in [-0.2, 0) is 6.54 Å². The lowest BCUT2D eigenvalue weighted by Gasteiger charge is -2.24. The van der Waals surface area contributed by atoms with E-state index in [-0.39, 0.29) is 6.03 Å². The molecule has 2 rings (SSSR count). The van der Waals surface area contributed by atoms with Gasteiger partial charge in [-0.25, -0.2) is 4.79 Å². The van der Waals surface area contributed by atoms with Crippen LogP contribution in [0.2, 0.25) is 0 Å². The number of benzene rings is 1. The van der Waals surface area contributed by atoms with Gasteiger partial charge in [0.2, 0.25) is 0 Å². The maximum atomic E-state index is 12.6. The molecule has 1 aromatic heterocycles. The van der Waals surface area contributed by atoms with Crippen LogP contribution in [0, 0.1) is 11.3 Å². The van der Waals surface area contributed by atoms with Gasteiger partial charge in [0.25, 0.3) is 0 Å². The van der Waals surface area contributed by atoms with E-state index in [9.17, 15) is 4.79 Å². The van der Waals surface area contributed by atoms with Crippen molar-refractivity contribution in [3.63, 3.8) is 0 Å². The van der Waals surface area contributed by atoms with Gasteiger partial charge in [-0.15, -0.1) is 0 Å². The maximum absolute atomic E-state index is 12.6. The maximum Gasteiger partial charge on any atom is 0.322 e. The number of hydrogen-bond donors (Lipinski definition) is 1. The summed E-state index contributed by atoms with van der Waals surface area (Å²) >= 11 is 0. The number of carbonyl (C=O) groups is 1. The zero-order valence-electron chi connectivity index (χ0n) is 13.9. The molecule has 0 bridgehead atoms. The fourth-order valence-electron chi connectivity index (χ4n) is 2.15. The topological polar surface area (TPSA) is 72.3 Å². The van der Waals surface area contributed by atoms with E-state index in [1.54, 1.807) is 41.6 Å². The standard InChI is InChI=1S/C18H21N5O/c1-22(2)9-10-23(14-16-6-4-8-20-13-16)18(24)21-17-7-3-5-15(11-17)12-19/h3-8,11,13H,9-10,14H2,1-2H3,(H,21,24). The van der Waals surface area contributed by atoms with Crippen LogP contribution in [0.1, 0.15) is 11.1 Å². The molecule has 0 saturated carbocycles. The Labute approximate surface area is 142 Å². The molecule has 0 aliphatic rings. The molecule has 6 heteroatoms. The second kappa shape index (κ2) is 8.65. The van der Waals surface area contributed by atoms with E-state index >= 15 is 0 Å². The average Bonchev–Trinajstić information content (AvgIpc) is 2.59. The molecule has 1 aromatic carbocycles. The molecule has 0 spiro atoms. The highest BCUT2D eigenvalue weighted by atomic mass is 16.2. The highest BCUT2D eigenvalue weighted by Gasteiger charge is 2.14. The molecule has 0 fully saturated rings. The summed E-state index contributed by atoms with van der Waals surface area (Å²) in [5.41, 5.74) is 2.09. The molecule has 1 heterocycles. The predicted octanol–water partition coefficient (Wildman–Crippen LogP) is 2.55. The van der Waals surface area contributed by atoms with Gasteiger partial charge < -0.3 is 15.1 Å². The number of nitriles is 1. The first-order chi connectivity index (χ1) is 11.6. The zero-order chi connectivity index (χ0) is 17.4. The molecule has 2 aromatic rings. The molecular formula is C18H21N5O. The lowest BCUT2D eigenvalue weighted by molar-refractivity contribution is 0.202. The van der Waals surface area contributed by atoms with Crippen molar-refractivity contribution in [2.75, 3.05) is 32.5 Å². The zero-order valence-corrected chi connectivity index (χ0v) is 13.9. The average molecular weight is 323 g/mol. The fraction of sp³-hybridized carbons (Fsp3) is 0.278. The van der Waals surface area contributed by atoms with Crippen LogP contribution >= 0.6 is 0 Å². The van der Waals surface area contributed by atoms with Gasteiger partial charge in [0.05, 0.1) is 11.6 Å². The molecule has 6 nitrogen and oxygen atoms in total. The van der Waals surface area contributed by atoms with Gasteiger partial charge in [0.1, 0.15) is 0 Å². The minimum absolute atomic E-state index is 0.198. The van der Waals surface area contributed by atoms with Crippen molar-refractivity contribution in [1.29, 1.82) is 5.26 Å². The molecule has 0 aliphatic carbocycles. The Balaban J connectivity index is 2.09. The highest BCUT2D eigenvalue weighted by molar-refractivity contribution is 5.89. The van der Waals surface area contributed by atoms with Gasteiger partial charge in [-0.05, 0) is 43.9 Å². The molecule has 124 valence electrons. The van der Waals surface area contributed by atoms with E-state index in [0.29, 0.717) is 24.3 Å². The van der Waals surface area contributed by atoms with Gasteiger partial charge in [-0.3, -0.25) is 4.98 Å². The molecule has 0 atom stereocenters. The summed E-state index contributed by atoms with van der Waals surface area (Å²) in [6.45, 7) is 1.82. The monoisotopic (exact) mass is 323 g/mol. The first-order valence-electron chi connectivity index (χ1n) is 7.68. The fourth-order valence-corrected chi connectivity index (χ4v) is 2.15. The summed E-state index contributed by atoms with van der Waals surface area (Å²) in [4.78, 5) is 20.5.